The SMILES string of the molecule is CC(C)Cn1nccc1NC(=O)/C=C/c1cccs1. The molecule has 0 aliphatic heterocycles. The molecule has 2 rings (SSSR count). The number of aromatic nitrogens is 2. The van der Waals surface area contributed by atoms with Gasteiger partial charge >= 0.3 is 0 Å². The predicted molar refractivity (Wildman–Crippen MR) is 79.0 cm³/mol. The first-order valence-corrected chi connectivity index (χ1v) is 7.07. The molecule has 0 radical (unpaired) electrons. The second kappa shape index (κ2) is 6.33. The van der Waals surface area contributed by atoms with E-state index in [1.165, 1.54) is 0 Å². The number of carbonyl (C=O) groups is 1. The Labute approximate surface area is 116 Å². The molecule has 1 amide bonds. The number of carbonyl (C=O) groups excluding carboxylic acids is 1. The second-order valence-corrected chi connectivity index (χ2v) is 5.61. The van der Waals surface area contributed by atoms with Gasteiger partial charge in [-0.25, -0.2) is 4.68 Å². The van der Waals surface area contributed by atoms with Gasteiger partial charge in [0.05, 0.1) is 6.20 Å². The molecule has 0 bridgehead atoms. The molecule has 2 heterocycles. The summed E-state index contributed by atoms with van der Waals surface area (Å²) in [7, 11) is 0. The number of nitrogens with zero attached hydrogens (tertiary/aromatic N) is 2. The standard InChI is InChI=1S/C14H17N3OS/c1-11(2)10-17-13(7-8-15-17)16-14(18)6-5-12-4-3-9-19-12/h3-9,11H,10H2,1-2H3,(H,16,18)/b6-5+. The summed E-state index contributed by atoms with van der Waals surface area (Å²) < 4.78 is 1.81. The highest BCUT2D eigenvalue weighted by molar-refractivity contribution is 7.10. The zero-order valence-electron chi connectivity index (χ0n) is 11.0. The Kier molecular flexibility index (Phi) is 4.52. The van der Waals surface area contributed by atoms with E-state index < -0.39 is 0 Å². The van der Waals surface area contributed by atoms with Gasteiger partial charge in [-0.3, -0.25) is 4.79 Å². The van der Waals surface area contributed by atoms with Crippen molar-refractivity contribution < 1.29 is 4.79 Å². The molecule has 19 heavy (non-hydrogen) atoms. The highest BCUT2D eigenvalue weighted by Crippen LogP contribution is 2.12. The normalized spacial score (nSPS) is 11.3. The van der Waals surface area contributed by atoms with Crippen LogP contribution in [0.15, 0.2) is 35.9 Å². The Hall–Kier alpha value is -1.88. The molecule has 0 aliphatic carbocycles. The molecule has 0 unspecified atom stereocenters. The average molecular weight is 275 g/mol. The Morgan fingerprint density at radius 3 is 3.05 bits per heavy atom. The monoisotopic (exact) mass is 275 g/mol. The Bertz CT molecular complexity index is 555. The number of rotatable bonds is 5. The highest BCUT2D eigenvalue weighted by atomic mass is 32.1. The number of nitrogens with one attached hydrogen (secondary N) is 1. The number of amides is 1. The van der Waals surface area contributed by atoms with Crippen molar-refractivity contribution in [2.75, 3.05) is 5.32 Å². The minimum atomic E-state index is -0.140. The lowest BCUT2D eigenvalue weighted by molar-refractivity contribution is -0.111. The van der Waals surface area contributed by atoms with Crippen LogP contribution in [0.1, 0.15) is 18.7 Å². The van der Waals surface area contributed by atoms with Gasteiger partial charge in [-0.1, -0.05) is 19.9 Å². The molecule has 0 atom stereocenters. The van der Waals surface area contributed by atoms with Gasteiger partial charge in [0.1, 0.15) is 5.82 Å². The summed E-state index contributed by atoms with van der Waals surface area (Å²) in [5.41, 5.74) is 0. The first-order chi connectivity index (χ1) is 9.15. The van der Waals surface area contributed by atoms with Crippen molar-refractivity contribution in [3.63, 3.8) is 0 Å². The number of thiophene rings is 1. The number of hydrogen-bond acceptors (Lipinski definition) is 3. The summed E-state index contributed by atoms with van der Waals surface area (Å²) in [6.07, 6.45) is 5.04. The van der Waals surface area contributed by atoms with Crippen molar-refractivity contribution in [2.24, 2.45) is 5.92 Å². The highest BCUT2D eigenvalue weighted by Gasteiger charge is 2.06. The van der Waals surface area contributed by atoms with Crippen LogP contribution < -0.4 is 5.32 Å². The first kappa shape index (κ1) is 13.5. The van der Waals surface area contributed by atoms with Crippen LogP contribution in [0, 0.1) is 5.92 Å². The van der Waals surface area contributed by atoms with Crippen molar-refractivity contribution in [3.8, 4) is 0 Å². The van der Waals surface area contributed by atoms with Crippen LogP contribution in [0.25, 0.3) is 6.08 Å². The lowest BCUT2D eigenvalue weighted by Crippen LogP contribution is -2.15. The topological polar surface area (TPSA) is 46.9 Å². The van der Waals surface area contributed by atoms with E-state index in [9.17, 15) is 4.79 Å². The summed E-state index contributed by atoms with van der Waals surface area (Å²) in [5.74, 6) is 1.07. The van der Waals surface area contributed by atoms with Crippen LogP contribution in [0.3, 0.4) is 0 Å². The summed E-state index contributed by atoms with van der Waals surface area (Å²) in [6, 6.07) is 5.73. The third-order valence-corrected chi connectivity index (χ3v) is 3.29. The molecule has 100 valence electrons. The largest absolute Gasteiger partial charge is 0.307 e. The fourth-order valence-corrected chi connectivity index (χ4v) is 2.26. The predicted octanol–water partition coefficient (Wildman–Crippen LogP) is 3.25. The fraction of sp³-hybridized carbons (Fsp3) is 0.286. The van der Waals surface area contributed by atoms with Crippen molar-refractivity contribution in [1.29, 1.82) is 0 Å². The maximum absolute atomic E-state index is 11.8. The van der Waals surface area contributed by atoms with Crippen LogP contribution >= 0.6 is 11.3 Å². The van der Waals surface area contributed by atoms with Gasteiger partial charge in [0.25, 0.3) is 0 Å². The van der Waals surface area contributed by atoms with E-state index in [4.69, 9.17) is 0 Å². The van der Waals surface area contributed by atoms with Gasteiger partial charge < -0.3 is 5.32 Å². The fourth-order valence-electron chi connectivity index (χ4n) is 1.64. The van der Waals surface area contributed by atoms with Crippen molar-refractivity contribution in [2.45, 2.75) is 20.4 Å². The van der Waals surface area contributed by atoms with Gasteiger partial charge in [0.2, 0.25) is 5.91 Å². The zero-order chi connectivity index (χ0) is 13.7. The second-order valence-electron chi connectivity index (χ2n) is 4.63. The molecule has 5 heteroatoms. The van der Waals surface area contributed by atoms with E-state index in [2.05, 4.69) is 24.3 Å². The van der Waals surface area contributed by atoms with Crippen LogP contribution in [0.5, 0.6) is 0 Å². The third kappa shape index (κ3) is 4.06. The lowest BCUT2D eigenvalue weighted by atomic mass is 10.2. The van der Waals surface area contributed by atoms with Gasteiger partial charge in [-0.05, 0) is 23.4 Å². The van der Waals surface area contributed by atoms with E-state index in [0.29, 0.717) is 5.92 Å². The molecular formula is C14H17N3OS. The maximum atomic E-state index is 11.8. The van der Waals surface area contributed by atoms with Gasteiger partial charge in [-0.2, -0.15) is 5.10 Å². The van der Waals surface area contributed by atoms with Crippen molar-refractivity contribution >= 4 is 29.1 Å². The molecule has 2 aromatic heterocycles. The first-order valence-electron chi connectivity index (χ1n) is 6.19. The molecule has 2 aromatic rings. The molecule has 1 N–H and O–H groups in total. The van der Waals surface area contributed by atoms with E-state index in [0.717, 1.165) is 17.2 Å². The van der Waals surface area contributed by atoms with E-state index in [1.807, 2.05) is 28.3 Å². The Morgan fingerprint density at radius 1 is 1.53 bits per heavy atom. The summed E-state index contributed by atoms with van der Waals surface area (Å²) in [5, 5.41) is 9.02. The van der Waals surface area contributed by atoms with Crippen LogP contribution in [-0.2, 0) is 11.3 Å². The van der Waals surface area contributed by atoms with E-state index in [1.54, 1.807) is 29.7 Å². The minimum absolute atomic E-state index is 0.140. The van der Waals surface area contributed by atoms with E-state index >= 15 is 0 Å². The van der Waals surface area contributed by atoms with Crippen LogP contribution in [-0.4, -0.2) is 15.7 Å². The van der Waals surface area contributed by atoms with Gasteiger partial charge in [-0.15, -0.1) is 11.3 Å². The summed E-state index contributed by atoms with van der Waals surface area (Å²) >= 11 is 1.60. The molecule has 0 spiro atoms. The molecule has 0 saturated carbocycles. The molecule has 4 nitrogen and oxygen atoms in total. The molecule has 0 aromatic carbocycles. The van der Waals surface area contributed by atoms with Gasteiger partial charge in [0.15, 0.2) is 0 Å². The minimum Gasteiger partial charge on any atom is -0.307 e. The quantitative estimate of drug-likeness (QED) is 0.851. The smallest absolute Gasteiger partial charge is 0.249 e. The van der Waals surface area contributed by atoms with Crippen LogP contribution in [0.2, 0.25) is 0 Å². The molecule has 0 aliphatic rings. The zero-order valence-corrected chi connectivity index (χ0v) is 11.9. The number of anilines is 1. The Morgan fingerprint density at radius 2 is 2.37 bits per heavy atom. The maximum Gasteiger partial charge on any atom is 0.249 e. The van der Waals surface area contributed by atoms with Crippen LogP contribution in [0.4, 0.5) is 5.82 Å². The average Bonchev–Trinajstić information content (AvgIpc) is 2.98. The Balaban J connectivity index is 1.97. The lowest BCUT2D eigenvalue weighted by Gasteiger charge is -2.09. The number of hydrogen-bond donors (Lipinski definition) is 1. The van der Waals surface area contributed by atoms with E-state index in [-0.39, 0.29) is 5.91 Å². The molecular weight excluding hydrogens is 258 g/mol. The van der Waals surface area contributed by atoms with Crippen molar-refractivity contribution in [1.82, 2.24) is 9.78 Å². The summed E-state index contributed by atoms with van der Waals surface area (Å²) in [4.78, 5) is 12.9. The molecule has 0 fully saturated rings. The third-order valence-electron chi connectivity index (χ3n) is 2.45. The van der Waals surface area contributed by atoms with Gasteiger partial charge in [0, 0.05) is 23.6 Å². The van der Waals surface area contributed by atoms with Crippen molar-refractivity contribution in [3.05, 3.63) is 40.7 Å². The molecule has 0 saturated heterocycles. The summed E-state index contributed by atoms with van der Waals surface area (Å²) in [6.45, 7) is 5.02.